The first-order chi connectivity index (χ1) is 3.68. The number of hydrogen-bond acceptors (Lipinski definition) is 0. The van der Waals surface area contributed by atoms with Gasteiger partial charge in [0.05, 0.1) is 0 Å². The number of rotatable bonds is 3. The molecule has 0 atom stereocenters. The summed E-state index contributed by atoms with van der Waals surface area (Å²) >= 11 is 0. The zero-order valence-electron chi connectivity index (χ0n) is 5.78. The van der Waals surface area contributed by atoms with Crippen molar-refractivity contribution in [3.05, 3.63) is 25.3 Å². The van der Waals surface area contributed by atoms with Crippen molar-refractivity contribution in [3.63, 3.8) is 0 Å². The van der Waals surface area contributed by atoms with Gasteiger partial charge in [0, 0.05) is 5.41 Å². The molecule has 0 radical (unpaired) electrons. The van der Waals surface area contributed by atoms with Crippen molar-refractivity contribution in [2.45, 2.75) is 20.3 Å². The molecular weight excluding hydrogens is 96.1 g/mol. The van der Waals surface area contributed by atoms with Gasteiger partial charge in [0.25, 0.3) is 0 Å². The minimum atomic E-state index is 0.153. The predicted octanol–water partition coefficient (Wildman–Crippen LogP) is 2.77. The molecule has 0 aromatic heterocycles. The molecule has 0 saturated carbocycles. The summed E-state index contributed by atoms with van der Waals surface area (Å²) in [6.45, 7) is 11.7. The molecule has 0 fully saturated rings. The highest BCUT2D eigenvalue weighted by Gasteiger charge is 2.10. The molecular formula is C8H14. The Morgan fingerprint density at radius 1 is 1.38 bits per heavy atom. The van der Waals surface area contributed by atoms with Crippen LogP contribution in [0.15, 0.2) is 25.3 Å². The number of allylic oxidation sites excluding steroid dienone is 2. The Morgan fingerprint density at radius 2 is 1.75 bits per heavy atom. The molecule has 0 rings (SSSR count). The molecule has 46 valence electrons. The van der Waals surface area contributed by atoms with E-state index in [9.17, 15) is 0 Å². The average molecular weight is 110 g/mol. The van der Waals surface area contributed by atoms with E-state index in [0.717, 1.165) is 6.42 Å². The first-order valence-corrected chi connectivity index (χ1v) is 2.95. The maximum absolute atomic E-state index is 3.70. The lowest BCUT2D eigenvalue weighted by atomic mass is 9.88. The van der Waals surface area contributed by atoms with Crippen LogP contribution >= 0.6 is 0 Å². The Morgan fingerprint density at radius 3 is 1.75 bits per heavy atom. The Hall–Kier alpha value is -0.520. The van der Waals surface area contributed by atoms with E-state index in [-0.39, 0.29) is 5.41 Å². The fraction of sp³-hybridized carbons (Fsp3) is 0.500. The molecule has 0 nitrogen and oxygen atoms in total. The van der Waals surface area contributed by atoms with E-state index in [0.29, 0.717) is 0 Å². The quantitative estimate of drug-likeness (QED) is 0.490. The number of hydrogen-bond donors (Lipinski definition) is 0. The topological polar surface area (TPSA) is 0 Å². The molecule has 0 amide bonds. The second-order valence-corrected chi connectivity index (χ2v) is 2.27. The molecule has 0 N–H and O–H groups in total. The van der Waals surface area contributed by atoms with E-state index in [2.05, 4.69) is 27.0 Å². The standard InChI is InChI=1S/C8H14/c1-5-8(4,6-2)7-3/h5-6H,1-2,7H2,3-4H3. The molecule has 0 aliphatic heterocycles. The summed E-state index contributed by atoms with van der Waals surface area (Å²) in [5, 5.41) is 0. The maximum Gasteiger partial charge on any atom is 0.00247 e. The fourth-order valence-corrected chi connectivity index (χ4v) is 0.372. The summed E-state index contributed by atoms with van der Waals surface area (Å²) in [5.74, 6) is 0. The molecule has 0 saturated heterocycles. The second-order valence-electron chi connectivity index (χ2n) is 2.27. The Labute approximate surface area is 51.9 Å². The van der Waals surface area contributed by atoms with Crippen LogP contribution in [-0.2, 0) is 0 Å². The van der Waals surface area contributed by atoms with Crippen molar-refractivity contribution in [2.75, 3.05) is 0 Å². The lowest BCUT2D eigenvalue weighted by molar-refractivity contribution is 0.533. The van der Waals surface area contributed by atoms with Crippen molar-refractivity contribution >= 4 is 0 Å². The molecule has 0 aliphatic carbocycles. The van der Waals surface area contributed by atoms with Gasteiger partial charge in [0.2, 0.25) is 0 Å². The van der Waals surface area contributed by atoms with E-state index < -0.39 is 0 Å². The van der Waals surface area contributed by atoms with E-state index in [1.54, 1.807) is 0 Å². The van der Waals surface area contributed by atoms with Gasteiger partial charge in [0.1, 0.15) is 0 Å². The van der Waals surface area contributed by atoms with Gasteiger partial charge >= 0.3 is 0 Å². The lowest BCUT2D eigenvalue weighted by Crippen LogP contribution is -2.05. The summed E-state index contributed by atoms with van der Waals surface area (Å²) in [7, 11) is 0. The van der Waals surface area contributed by atoms with Crippen LogP contribution in [0.2, 0.25) is 0 Å². The van der Waals surface area contributed by atoms with E-state index in [1.165, 1.54) is 0 Å². The van der Waals surface area contributed by atoms with Crippen molar-refractivity contribution in [3.8, 4) is 0 Å². The molecule has 0 heterocycles. The van der Waals surface area contributed by atoms with E-state index in [1.807, 2.05) is 12.2 Å². The largest absolute Gasteiger partial charge is 0.102 e. The molecule has 0 heteroatoms. The molecule has 0 spiro atoms. The van der Waals surface area contributed by atoms with Crippen LogP contribution in [0, 0.1) is 5.41 Å². The highest BCUT2D eigenvalue weighted by molar-refractivity contribution is 5.02. The molecule has 0 aromatic carbocycles. The van der Waals surface area contributed by atoms with Gasteiger partial charge in [-0.25, -0.2) is 0 Å². The smallest absolute Gasteiger partial charge is 0.00247 e. The van der Waals surface area contributed by atoms with Crippen LogP contribution in [-0.4, -0.2) is 0 Å². The van der Waals surface area contributed by atoms with Gasteiger partial charge in [-0.15, -0.1) is 13.2 Å². The second kappa shape index (κ2) is 2.71. The van der Waals surface area contributed by atoms with E-state index in [4.69, 9.17) is 0 Å². The maximum atomic E-state index is 3.70. The third-order valence-electron chi connectivity index (χ3n) is 1.69. The average Bonchev–Trinajstić information content (AvgIpc) is 1.87. The summed E-state index contributed by atoms with van der Waals surface area (Å²) in [6, 6.07) is 0. The van der Waals surface area contributed by atoms with Gasteiger partial charge in [-0.3, -0.25) is 0 Å². The monoisotopic (exact) mass is 110 g/mol. The lowest BCUT2D eigenvalue weighted by Gasteiger charge is -2.16. The van der Waals surface area contributed by atoms with Gasteiger partial charge in [-0.05, 0) is 6.42 Å². The minimum Gasteiger partial charge on any atom is -0.102 e. The fourth-order valence-electron chi connectivity index (χ4n) is 0.372. The Bertz CT molecular complexity index is 82.2. The molecule has 0 bridgehead atoms. The van der Waals surface area contributed by atoms with Crippen LogP contribution in [0.1, 0.15) is 20.3 Å². The first kappa shape index (κ1) is 7.48. The summed E-state index contributed by atoms with van der Waals surface area (Å²) in [6.07, 6.45) is 4.94. The minimum absolute atomic E-state index is 0.153. The molecule has 0 unspecified atom stereocenters. The van der Waals surface area contributed by atoms with Crippen molar-refractivity contribution in [1.29, 1.82) is 0 Å². The zero-order chi connectivity index (χ0) is 6.62. The van der Waals surface area contributed by atoms with Crippen LogP contribution in [0.3, 0.4) is 0 Å². The highest BCUT2D eigenvalue weighted by atomic mass is 14.1. The molecule has 8 heavy (non-hydrogen) atoms. The van der Waals surface area contributed by atoms with Crippen LogP contribution < -0.4 is 0 Å². The third-order valence-corrected chi connectivity index (χ3v) is 1.69. The Kier molecular flexibility index (Phi) is 2.53. The zero-order valence-corrected chi connectivity index (χ0v) is 5.78. The summed E-state index contributed by atoms with van der Waals surface area (Å²) in [4.78, 5) is 0. The van der Waals surface area contributed by atoms with Crippen molar-refractivity contribution in [1.82, 2.24) is 0 Å². The summed E-state index contributed by atoms with van der Waals surface area (Å²) < 4.78 is 0. The first-order valence-electron chi connectivity index (χ1n) is 2.95. The van der Waals surface area contributed by atoms with Gasteiger partial charge in [-0.1, -0.05) is 26.0 Å². The van der Waals surface area contributed by atoms with Gasteiger partial charge in [-0.2, -0.15) is 0 Å². The van der Waals surface area contributed by atoms with Gasteiger partial charge in [0.15, 0.2) is 0 Å². The van der Waals surface area contributed by atoms with Crippen LogP contribution in [0.4, 0.5) is 0 Å². The highest BCUT2D eigenvalue weighted by Crippen LogP contribution is 2.22. The summed E-state index contributed by atoms with van der Waals surface area (Å²) in [5.41, 5.74) is 0.153. The normalized spacial score (nSPS) is 10.8. The van der Waals surface area contributed by atoms with Crippen molar-refractivity contribution < 1.29 is 0 Å². The Balaban J connectivity index is 3.96. The van der Waals surface area contributed by atoms with E-state index >= 15 is 0 Å². The third kappa shape index (κ3) is 1.53. The molecule has 0 aromatic rings. The van der Waals surface area contributed by atoms with Gasteiger partial charge < -0.3 is 0 Å². The molecule has 0 aliphatic rings. The van der Waals surface area contributed by atoms with Crippen molar-refractivity contribution in [2.24, 2.45) is 5.41 Å². The van der Waals surface area contributed by atoms with Crippen LogP contribution in [0.5, 0.6) is 0 Å². The predicted molar refractivity (Wildman–Crippen MR) is 38.8 cm³/mol. The van der Waals surface area contributed by atoms with Crippen LogP contribution in [0.25, 0.3) is 0 Å². The SMILES string of the molecule is C=CC(C)(C=C)CC.